The van der Waals surface area contributed by atoms with E-state index in [1.54, 1.807) is 0 Å². The number of nitrogens with zero attached hydrogens (tertiary/aromatic N) is 2. The van der Waals surface area contributed by atoms with Crippen molar-refractivity contribution in [2.75, 3.05) is 20.1 Å². The number of carbonyl (C=O) groups excluding carboxylic acids is 4. The van der Waals surface area contributed by atoms with Crippen molar-refractivity contribution in [1.29, 1.82) is 0 Å². The second kappa shape index (κ2) is 18.4. The minimum Gasteiger partial charge on any atom is -0.372 e. The molecular weight excluding hydrogens is 360 g/mol. The van der Waals surface area contributed by atoms with Crippen LogP contribution in [0.3, 0.4) is 0 Å². The number of amides is 3. The molecule has 0 aromatic carbocycles. The minimum absolute atomic E-state index is 0.153. The third-order valence-corrected chi connectivity index (χ3v) is 4.56. The Morgan fingerprint density at radius 1 is 1.00 bits per heavy atom. The van der Waals surface area contributed by atoms with Crippen molar-refractivity contribution >= 4 is 24.5 Å². The van der Waals surface area contributed by atoms with E-state index in [4.69, 9.17) is 4.79 Å². The SMILES string of the molecule is CCCC(=O)N1CCCC1C(=O)N1CCCC1C.CCCC=O.CN.NC=O. The second-order valence-electron chi connectivity index (χ2n) is 6.61. The van der Waals surface area contributed by atoms with Crippen molar-refractivity contribution in [1.82, 2.24) is 9.80 Å². The first-order valence-corrected chi connectivity index (χ1v) is 10.2. The molecule has 4 N–H and O–H groups in total. The molecule has 2 rings (SSSR count). The van der Waals surface area contributed by atoms with Crippen LogP contribution in [-0.2, 0) is 19.2 Å². The molecule has 2 aliphatic heterocycles. The van der Waals surface area contributed by atoms with Gasteiger partial charge in [-0.1, -0.05) is 13.8 Å². The lowest BCUT2D eigenvalue weighted by atomic mass is 10.1. The summed E-state index contributed by atoms with van der Waals surface area (Å²) in [6, 6.07) is 0.172. The summed E-state index contributed by atoms with van der Waals surface area (Å²) in [6.45, 7) is 7.73. The number of aldehydes is 1. The molecule has 0 aromatic rings. The largest absolute Gasteiger partial charge is 0.372 e. The van der Waals surface area contributed by atoms with Crippen LogP contribution in [0.1, 0.15) is 72.1 Å². The molecule has 0 aliphatic carbocycles. The molecule has 0 aromatic heterocycles. The standard InChI is InChI=1S/C14H24N2O2.C4H8O.CH3NO.CH5N/c1-3-6-13(17)16-10-5-8-12(16)14(18)15-9-4-7-11(15)2;1-2-3-4-5;2-1-3;1-2/h11-12H,3-10H2,1-2H3;4H,2-3H2,1H3;1H,(H2,2,3);2H2,1H3. The molecule has 0 spiro atoms. The zero-order valence-electron chi connectivity index (χ0n) is 18.1. The molecular formula is C20H40N4O4. The van der Waals surface area contributed by atoms with Gasteiger partial charge in [0, 0.05) is 32.0 Å². The van der Waals surface area contributed by atoms with Crippen LogP contribution < -0.4 is 11.5 Å². The monoisotopic (exact) mass is 400 g/mol. The average Bonchev–Trinajstić information content (AvgIpc) is 3.34. The summed E-state index contributed by atoms with van der Waals surface area (Å²) in [7, 11) is 1.50. The van der Waals surface area contributed by atoms with Gasteiger partial charge in [-0.3, -0.25) is 14.4 Å². The lowest BCUT2D eigenvalue weighted by Gasteiger charge is -2.30. The molecule has 164 valence electrons. The van der Waals surface area contributed by atoms with Gasteiger partial charge in [0.25, 0.3) is 0 Å². The van der Waals surface area contributed by atoms with E-state index in [0.29, 0.717) is 18.9 Å². The molecule has 8 heteroatoms. The van der Waals surface area contributed by atoms with Gasteiger partial charge >= 0.3 is 0 Å². The Labute approximate surface area is 170 Å². The molecule has 8 nitrogen and oxygen atoms in total. The third-order valence-electron chi connectivity index (χ3n) is 4.56. The van der Waals surface area contributed by atoms with Gasteiger partial charge in [-0.15, -0.1) is 0 Å². The molecule has 0 radical (unpaired) electrons. The lowest BCUT2D eigenvalue weighted by Crippen LogP contribution is -2.48. The maximum absolute atomic E-state index is 12.5. The molecule has 2 unspecified atom stereocenters. The summed E-state index contributed by atoms with van der Waals surface area (Å²) in [4.78, 5) is 46.3. The topological polar surface area (TPSA) is 127 Å². The molecule has 2 aliphatic rings. The van der Waals surface area contributed by atoms with Gasteiger partial charge in [-0.05, 0) is 52.5 Å². The predicted octanol–water partition coefficient (Wildman–Crippen LogP) is 1.45. The van der Waals surface area contributed by atoms with Crippen LogP contribution in [0.2, 0.25) is 0 Å². The van der Waals surface area contributed by atoms with E-state index in [2.05, 4.69) is 18.4 Å². The summed E-state index contributed by atoms with van der Waals surface area (Å²) >= 11 is 0. The van der Waals surface area contributed by atoms with Gasteiger partial charge in [0.05, 0.1) is 0 Å². The highest BCUT2D eigenvalue weighted by molar-refractivity contribution is 5.88. The smallest absolute Gasteiger partial charge is 0.245 e. The number of hydrogen-bond donors (Lipinski definition) is 2. The Bertz CT molecular complexity index is 446. The zero-order chi connectivity index (χ0) is 21.9. The number of carbonyl (C=O) groups is 4. The first-order chi connectivity index (χ1) is 13.5. The average molecular weight is 401 g/mol. The molecule has 2 heterocycles. The van der Waals surface area contributed by atoms with E-state index in [0.717, 1.165) is 57.9 Å². The van der Waals surface area contributed by atoms with Gasteiger partial charge in [0.2, 0.25) is 18.2 Å². The number of unbranched alkanes of at least 4 members (excludes halogenated alkanes) is 1. The Morgan fingerprint density at radius 2 is 1.54 bits per heavy atom. The Kier molecular flexibility index (Phi) is 18.6. The van der Waals surface area contributed by atoms with E-state index in [1.165, 1.54) is 7.05 Å². The Hall–Kier alpha value is -1.96. The highest BCUT2D eigenvalue weighted by Crippen LogP contribution is 2.25. The van der Waals surface area contributed by atoms with Gasteiger partial charge < -0.3 is 26.1 Å². The fourth-order valence-electron chi connectivity index (χ4n) is 3.25. The normalized spacial score (nSPS) is 19.9. The molecule has 3 amide bonds. The van der Waals surface area contributed by atoms with E-state index in [9.17, 15) is 14.4 Å². The van der Waals surface area contributed by atoms with E-state index in [1.807, 2.05) is 23.6 Å². The van der Waals surface area contributed by atoms with Crippen molar-refractivity contribution < 1.29 is 19.2 Å². The van der Waals surface area contributed by atoms with Crippen molar-refractivity contribution in [3.05, 3.63) is 0 Å². The van der Waals surface area contributed by atoms with Crippen LogP contribution in [-0.4, -0.2) is 66.5 Å². The van der Waals surface area contributed by atoms with Crippen LogP contribution >= 0.6 is 0 Å². The predicted molar refractivity (Wildman–Crippen MR) is 111 cm³/mol. The first-order valence-electron chi connectivity index (χ1n) is 10.2. The van der Waals surface area contributed by atoms with Crippen molar-refractivity contribution in [3.63, 3.8) is 0 Å². The van der Waals surface area contributed by atoms with Crippen LogP contribution in [0.25, 0.3) is 0 Å². The molecule has 0 saturated carbocycles. The first kappa shape index (κ1) is 28.3. The Morgan fingerprint density at radius 3 is 1.93 bits per heavy atom. The fraction of sp³-hybridized carbons (Fsp3) is 0.800. The lowest BCUT2D eigenvalue weighted by molar-refractivity contribution is -0.144. The number of likely N-dealkylation sites (tertiary alicyclic amines) is 2. The van der Waals surface area contributed by atoms with Crippen molar-refractivity contribution in [2.24, 2.45) is 11.5 Å². The fourth-order valence-corrected chi connectivity index (χ4v) is 3.25. The van der Waals surface area contributed by atoms with Crippen LogP contribution in [0.4, 0.5) is 0 Å². The highest BCUT2D eigenvalue weighted by Gasteiger charge is 2.38. The Balaban J connectivity index is 0. The molecule has 2 fully saturated rings. The maximum Gasteiger partial charge on any atom is 0.245 e. The summed E-state index contributed by atoms with van der Waals surface area (Å²) in [5.41, 5.74) is 8.67. The summed E-state index contributed by atoms with van der Waals surface area (Å²) in [6.07, 6.45) is 8.30. The molecule has 28 heavy (non-hydrogen) atoms. The number of primary amides is 1. The van der Waals surface area contributed by atoms with Crippen LogP contribution in [0.5, 0.6) is 0 Å². The zero-order valence-corrected chi connectivity index (χ0v) is 18.1. The molecule has 0 bridgehead atoms. The van der Waals surface area contributed by atoms with Gasteiger partial charge in [-0.25, -0.2) is 0 Å². The minimum atomic E-state index is -0.176. The summed E-state index contributed by atoms with van der Waals surface area (Å²) in [5.74, 6) is 0.335. The number of hydrogen-bond acceptors (Lipinski definition) is 5. The van der Waals surface area contributed by atoms with E-state index >= 15 is 0 Å². The van der Waals surface area contributed by atoms with Gasteiger partial charge in [-0.2, -0.15) is 0 Å². The van der Waals surface area contributed by atoms with Crippen molar-refractivity contribution in [3.8, 4) is 0 Å². The van der Waals surface area contributed by atoms with Crippen LogP contribution in [0, 0.1) is 0 Å². The number of nitrogens with two attached hydrogens (primary N) is 2. The van der Waals surface area contributed by atoms with Gasteiger partial charge in [0.1, 0.15) is 12.3 Å². The van der Waals surface area contributed by atoms with Crippen molar-refractivity contribution in [2.45, 2.75) is 84.2 Å². The summed E-state index contributed by atoms with van der Waals surface area (Å²) < 4.78 is 0. The summed E-state index contributed by atoms with van der Waals surface area (Å²) in [5, 5.41) is 0. The molecule has 2 atom stereocenters. The second-order valence-corrected chi connectivity index (χ2v) is 6.61. The van der Waals surface area contributed by atoms with Crippen LogP contribution in [0.15, 0.2) is 0 Å². The van der Waals surface area contributed by atoms with Gasteiger partial charge in [0.15, 0.2) is 0 Å². The van der Waals surface area contributed by atoms with E-state index < -0.39 is 0 Å². The third kappa shape index (κ3) is 10.4. The van der Waals surface area contributed by atoms with E-state index in [-0.39, 0.29) is 24.3 Å². The highest BCUT2D eigenvalue weighted by atomic mass is 16.2. The molecule has 2 saturated heterocycles. The quantitative estimate of drug-likeness (QED) is 0.675. The maximum atomic E-state index is 12.5. The number of rotatable bonds is 5.